The minimum absolute atomic E-state index is 0.201. The van der Waals surface area contributed by atoms with Gasteiger partial charge < -0.3 is 16.2 Å². The molecule has 1 aliphatic carbocycles. The van der Waals surface area contributed by atoms with Gasteiger partial charge in [0.15, 0.2) is 0 Å². The van der Waals surface area contributed by atoms with Gasteiger partial charge in [0.25, 0.3) is 10.4 Å². The maximum absolute atomic E-state index is 9.09. The molecule has 82 valence electrons. The Labute approximate surface area is 94.8 Å². The van der Waals surface area contributed by atoms with Crippen LogP contribution in [0.3, 0.4) is 0 Å². The third kappa shape index (κ3) is 9.60. The smallest absolute Gasteiger partial charge is 0.273 e. The van der Waals surface area contributed by atoms with Crippen LogP contribution in [0, 0.1) is 0 Å². The Bertz CT molecular complexity index is 190. The summed E-state index contributed by atoms with van der Waals surface area (Å²) in [6.45, 7) is 0. The quantitative estimate of drug-likeness (QED) is 0.477. The third-order valence-corrected chi connectivity index (χ3v) is 1.93. The molecule has 0 radical (unpaired) electrons. The molecule has 1 amide bonds. The van der Waals surface area contributed by atoms with Crippen LogP contribution in [0.1, 0.15) is 32.1 Å². The van der Waals surface area contributed by atoms with Crippen molar-refractivity contribution in [2.24, 2.45) is 11.5 Å². The molecule has 4 nitrogen and oxygen atoms in total. The van der Waals surface area contributed by atoms with E-state index in [4.69, 9.17) is 15.3 Å². The summed E-state index contributed by atoms with van der Waals surface area (Å²) in [5.41, 5.74) is 9.57. The molecule has 0 saturated heterocycles. The average Bonchev–Trinajstić information content (AvgIpc) is 2.03. The zero-order valence-corrected chi connectivity index (χ0v) is 9.65. The van der Waals surface area contributed by atoms with Gasteiger partial charge in [0.1, 0.15) is 6.10 Å². The average molecular weight is 236 g/mol. The monoisotopic (exact) mass is 236 g/mol. The summed E-state index contributed by atoms with van der Waals surface area (Å²) >= 11 is 7.74. The first-order valence-corrected chi connectivity index (χ1v) is 5.32. The first kappa shape index (κ1) is 13.5. The molecule has 0 aromatic carbocycles. The number of hydrogen-bond acceptors (Lipinski definition) is 3. The number of hydrogen-bond donors (Lipinski definition) is 3. The molecule has 0 aromatic heterocycles. The van der Waals surface area contributed by atoms with E-state index in [1.807, 2.05) is 0 Å². The third-order valence-electron chi connectivity index (χ3n) is 1.84. The van der Waals surface area contributed by atoms with Crippen molar-refractivity contribution in [2.75, 3.05) is 0 Å². The number of carbonyl (C=O) groups is 1. The highest BCUT2D eigenvalue weighted by atomic mass is 32.1. The van der Waals surface area contributed by atoms with Gasteiger partial charge in [-0.05, 0) is 37.9 Å². The van der Waals surface area contributed by atoms with Crippen LogP contribution in [0.5, 0.6) is 0 Å². The van der Waals surface area contributed by atoms with Crippen molar-refractivity contribution < 1.29 is 9.53 Å². The van der Waals surface area contributed by atoms with Crippen molar-refractivity contribution in [3.63, 3.8) is 0 Å². The molecule has 0 spiro atoms. The topological polar surface area (TPSA) is 78.3 Å². The van der Waals surface area contributed by atoms with Gasteiger partial charge in [-0.1, -0.05) is 19.0 Å². The highest BCUT2D eigenvalue weighted by Gasteiger charge is 2.14. The van der Waals surface area contributed by atoms with Gasteiger partial charge in [0, 0.05) is 0 Å². The fourth-order valence-corrected chi connectivity index (χ4v) is 1.48. The number of amides is 1. The van der Waals surface area contributed by atoms with Gasteiger partial charge in [-0.3, -0.25) is 4.79 Å². The van der Waals surface area contributed by atoms with E-state index in [0.29, 0.717) is 6.10 Å². The van der Waals surface area contributed by atoms with Crippen molar-refractivity contribution in [3.8, 4) is 0 Å². The number of ether oxygens (including phenoxy) is 1. The fraction of sp³-hybridized carbons (Fsp3) is 0.750. The van der Waals surface area contributed by atoms with E-state index in [1.165, 1.54) is 19.3 Å². The molecule has 1 rings (SSSR count). The lowest BCUT2D eigenvalue weighted by Gasteiger charge is -2.21. The summed E-state index contributed by atoms with van der Waals surface area (Å²) in [7, 11) is 0. The van der Waals surface area contributed by atoms with E-state index < -0.39 is 5.24 Å². The number of nitrogens with two attached hydrogens (primary N) is 2. The molecule has 0 bridgehead atoms. The Kier molecular flexibility index (Phi) is 7.60. The van der Waals surface area contributed by atoms with E-state index >= 15 is 0 Å². The number of rotatable bonds is 1. The molecule has 1 saturated carbocycles. The number of primary amides is 1. The largest absolute Gasteiger partial charge is 0.468 e. The molecule has 1 fully saturated rings. The zero-order chi connectivity index (χ0) is 11.0. The van der Waals surface area contributed by atoms with Gasteiger partial charge >= 0.3 is 0 Å². The van der Waals surface area contributed by atoms with Crippen LogP contribution in [0.4, 0.5) is 4.79 Å². The van der Waals surface area contributed by atoms with Crippen LogP contribution < -0.4 is 11.5 Å². The van der Waals surface area contributed by atoms with Gasteiger partial charge in [-0.15, -0.1) is 0 Å². The summed E-state index contributed by atoms with van der Waals surface area (Å²) < 4.78 is 5.20. The normalized spacial score (nSPS) is 16.4. The van der Waals surface area contributed by atoms with E-state index in [2.05, 4.69) is 30.6 Å². The lowest BCUT2D eigenvalue weighted by molar-refractivity contribution is 0.145. The summed E-state index contributed by atoms with van der Waals surface area (Å²) in [4.78, 5) is 9.09. The molecule has 4 N–H and O–H groups in total. The zero-order valence-electron chi connectivity index (χ0n) is 7.94. The molecule has 6 heteroatoms. The molecule has 0 atom stereocenters. The summed E-state index contributed by atoms with van der Waals surface area (Å²) in [5, 5.41) is -0.438. The first-order valence-electron chi connectivity index (χ1n) is 4.47. The van der Waals surface area contributed by atoms with Crippen LogP contribution in [-0.4, -0.2) is 16.5 Å². The van der Waals surface area contributed by atoms with Crippen LogP contribution in [-0.2, 0) is 4.74 Å². The van der Waals surface area contributed by atoms with Crippen molar-refractivity contribution in [3.05, 3.63) is 0 Å². The maximum atomic E-state index is 9.09. The van der Waals surface area contributed by atoms with Crippen molar-refractivity contribution in [1.29, 1.82) is 0 Å². The molecular formula is C8H16N2O2S2. The summed E-state index contributed by atoms with van der Waals surface area (Å²) in [5.74, 6) is 0. The number of thiol groups is 1. The Balaban J connectivity index is 0.000000364. The fourth-order valence-electron chi connectivity index (χ4n) is 1.35. The molecule has 0 aliphatic heterocycles. The molecule has 14 heavy (non-hydrogen) atoms. The first-order chi connectivity index (χ1) is 6.52. The minimum atomic E-state index is -0.639. The maximum Gasteiger partial charge on any atom is 0.273 e. The van der Waals surface area contributed by atoms with Crippen molar-refractivity contribution in [1.82, 2.24) is 0 Å². The molecule has 1 aliphatic rings. The van der Waals surface area contributed by atoms with Crippen LogP contribution in [0.15, 0.2) is 0 Å². The van der Waals surface area contributed by atoms with Crippen LogP contribution in [0.2, 0.25) is 0 Å². The Morgan fingerprint density at radius 3 is 2.07 bits per heavy atom. The lowest BCUT2D eigenvalue weighted by atomic mass is 9.98. The van der Waals surface area contributed by atoms with Gasteiger partial charge in [-0.25, -0.2) is 0 Å². The SMILES string of the molecule is NC(=O)S.NC(=S)OC1CCCCC1. The molecule has 0 heterocycles. The van der Waals surface area contributed by atoms with Crippen LogP contribution in [0.25, 0.3) is 0 Å². The highest BCUT2D eigenvalue weighted by molar-refractivity contribution is 7.96. The van der Waals surface area contributed by atoms with E-state index in [-0.39, 0.29) is 5.17 Å². The number of carbonyl (C=O) groups excluding carboxylic acids is 1. The second-order valence-corrected chi connectivity index (χ2v) is 3.88. The Morgan fingerprint density at radius 2 is 1.71 bits per heavy atom. The van der Waals surface area contributed by atoms with E-state index in [0.717, 1.165) is 12.8 Å². The lowest BCUT2D eigenvalue weighted by Crippen LogP contribution is -2.24. The van der Waals surface area contributed by atoms with Crippen molar-refractivity contribution in [2.45, 2.75) is 38.2 Å². The van der Waals surface area contributed by atoms with Gasteiger partial charge in [0.05, 0.1) is 0 Å². The predicted molar refractivity (Wildman–Crippen MR) is 63.3 cm³/mol. The second-order valence-electron chi connectivity index (χ2n) is 3.04. The molecule has 0 aromatic rings. The number of thiocarbonyl (C=S) groups is 1. The van der Waals surface area contributed by atoms with Gasteiger partial charge in [-0.2, -0.15) is 0 Å². The van der Waals surface area contributed by atoms with E-state index in [1.54, 1.807) is 0 Å². The standard InChI is InChI=1S/C7H13NOS.CH3NOS/c8-7(10)9-6-4-2-1-3-5-6;2-1(3)4/h6H,1-5H2,(H2,8,10);(H3,2,3,4). The molecular weight excluding hydrogens is 220 g/mol. The summed E-state index contributed by atoms with van der Waals surface area (Å²) in [6.07, 6.45) is 6.40. The second kappa shape index (κ2) is 7.87. The Morgan fingerprint density at radius 1 is 1.29 bits per heavy atom. The summed E-state index contributed by atoms with van der Waals surface area (Å²) in [6, 6.07) is 0. The minimum Gasteiger partial charge on any atom is -0.468 e. The van der Waals surface area contributed by atoms with Gasteiger partial charge in [0.2, 0.25) is 0 Å². The Hall–Kier alpha value is -0.490. The van der Waals surface area contributed by atoms with Crippen LogP contribution >= 0.6 is 24.8 Å². The molecule has 0 unspecified atom stereocenters. The van der Waals surface area contributed by atoms with Crippen molar-refractivity contribution >= 4 is 35.3 Å². The van der Waals surface area contributed by atoms with E-state index in [9.17, 15) is 0 Å². The predicted octanol–water partition coefficient (Wildman–Crippen LogP) is 1.57. The highest BCUT2D eigenvalue weighted by Crippen LogP contribution is 2.19.